The summed E-state index contributed by atoms with van der Waals surface area (Å²) in [5, 5.41) is 12.0. The molecule has 0 amide bonds. The van der Waals surface area contributed by atoms with E-state index in [0.29, 0.717) is 16.1 Å². The third-order valence-electron chi connectivity index (χ3n) is 2.52. The van der Waals surface area contributed by atoms with Gasteiger partial charge in [0.05, 0.1) is 24.2 Å². The molecule has 1 aromatic heterocycles. The third-order valence-corrected chi connectivity index (χ3v) is 4.46. The molecule has 2 aromatic rings. The van der Waals surface area contributed by atoms with Crippen molar-refractivity contribution in [3.05, 3.63) is 24.3 Å². The minimum Gasteiger partial charge on any atom is -0.492 e. The fourth-order valence-corrected chi connectivity index (χ4v) is 3.25. The summed E-state index contributed by atoms with van der Waals surface area (Å²) in [6, 6.07) is 7.64. The molecule has 0 fully saturated rings. The zero-order chi connectivity index (χ0) is 16.7. The lowest BCUT2D eigenvalue weighted by Crippen LogP contribution is -2.13. The number of carbonyl (C=O) groups excluding carboxylic acids is 1. The number of aromatic nitrogens is 2. The van der Waals surface area contributed by atoms with Gasteiger partial charge in [-0.1, -0.05) is 35.2 Å². The van der Waals surface area contributed by atoms with Crippen LogP contribution in [0.5, 0.6) is 5.75 Å². The minimum absolute atomic E-state index is 0.107. The van der Waals surface area contributed by atoms with Crippen LogP contribution in [0, 0.1) is 0 Å². The van der Waals surface area contributed by atoms with Crippen molar-refractivity contribution in [3.63, 3.8) is 0 Å². The van der Waals surface area contributed by atoms with Crippen LogP contribution in [-0.4, -0.2) is 34.6 Å². The van der Waals surface area contributed by atoms with Crippen LogP contribution in [-0.2, 0) is 9.53 Å². The Morgan fingerprint density at radius 1 is 1.35 bits per heavy atom. The molecule has 0 aliphatic heterocycles. The van der Waals surface area contributed by atoms with Crippen LogP contribution in [0.2, 0.25) is 0 Å². The number of esters is 1. The molecule has 1 heterocycles. The lowest BCUT2D eigenvalue weighted by Gasteiger charge is -2.09. The number of nitrogens with zero attached hydrogens (tertiary/aromatic N) is 2. The van der Waals surface area contributed by atoms with Crippen LogP contribution >= 0.6 is 23.1 Å². The number of ether oxygens (including phenoxy) is 2. The molecule has 124 valence electrons. The summed E-state index contributed by atoms with van der Waals surface area (Å²) in [5.74, 6) is 0.735. The smallest absolute Gasteiger partial charge is 0.316 e. The molecule has 23 heavy (non-hydrogen) atoms. The van der Waals surface area contributed by atoms with Crippen molar-refractivity contribution < 1.29 is 14.3 Å². The minimum atomic E-state index is -0.253. The molecule has 1 aromatic carbocycles. The van der Waals surface area contributed by atoms with Gasteiger partial charge in [-0.15, -0.1) is 10.2 Å². The van der Waals surface area contributed by atoms with Crippen LogP contribution in [0.1, 0.15) is 20.8 Å². The van der Waals surface area contributed by atoms with E-state index in [4.69, 9.17) is 9.47 Å². The average Bonchev–Trinajstić information content (AvgIpc) is 2.94. The highest BCUT2D eigenvalue weighted by atomic mass is 32.2. The van der Waals surface area contributed by atoms with E-state index in [9.17, 15) is 4.79 Å². The van der Waals surface area contributed by atoms with Crippen LogP contribution in [0.25, 0.3) is 0 Å². The van der Waals surface area contributed by atoms with Crippen molar-refractivity contribution in [1.29, 1.82) is 0 Å². The molecule has 8 heteroatoms. The Morgan fingerprint density at radius 2 is 2.13 bits per heavy atom. The first-order valence-corrected chi connectivity index (χ1v) is 9.03. The first-order chi connectivity index (χ1) is 11.1. The van der Waals surface area contributed by atoms with Crippen LogP contribution in [0.15, 0.2) is 28.6 Å². The van der Waals surface area contributed by atoms with E-state index >= 15 is 0 Å². The predicted molar refractivity (Wildman–Crippen MR) is 92.8 cm³/mol. The van der Waals surface area contributed by atoms with Gasteiger partial charge in [-0.2, -0.15) is 0 Å². The zero-order valence-corrected chi connectivity index (χ0v) is 14.9. The number of thioether (sulfide) groups is 1. The van der Waals surface area contributed by atoms with Crippen molar-refractivity contribution in [2.75, 3.05) is 17.7 Å². The molecule has 0 aliphatic rings. The third kappa shape index (κ3) is 5.72. The van der Waals surface area contributed by atoms with Gasteiger partial charge in [0.25, 0.3) is 0 Å². The standard InChI is InChI=1S/C15H19N3O3S2/c1-4-20-12-8-6-5-7-11(12)16-14-17-18-15(23-14)22-9-13(19)21-10(2)3/h5-8,10H,4,9H2,1-3H3,(H,16,17). The Balaban J connectivity index is 1.93. The van der Waals surface area contributed by atoms with Crippen molar-refractivity contribution in [2.24, 2.45) is 0 Å². The molecule has 0 radical (unpaired) electrons. The fourth-order valence-electron chi connectivity index (χ4n) is 1.70. The molecule has 0 spiro atoms. The highest BCUT2D eigenvalue weighted by molar-refractivity contribution is 8.01. The SMILES string of the molecule is CCOc1ccccc1Nc1nnc(SCC(=O)OC(C)C)s1. The fraction of sp³-hybridized carbons (Fsp3) is 0.400. The maximum Gasteiger partial charge on any atom is 0.316 e. The van der Waals surface area contributed by atoms with Gasteiger partial charge in [0.2, 0.25) is 5.13 Å². The van der Waals surface area contributed by atoms with E-state index in [1.807, 2.05) is 45.0 Å². The molecular weight excluding hydrogens is 334 g/mol. The summed E-state index contributed by atoms with van der Waals surface area (Å²) < 4.78 is 11.4. The number of nitrogens with one attached hydrogen (secondary N) is 1. The summed E-state index contributed by atoms with van der Waals surface area (Å²) in [6.45, 7) is 6.18. The lowest BCUT2D eigenvalue weighted by atomic mass is 10.3. The van der Waals surface area contributed by atoms with E-state index in [-0.39, 0.29) is 17.8 Å². The second-order valence-corrected chi connectivity index (χ2v) is 6.95. The molecule has 6 nitrogen and oxygen atoms in total. The van der Waals surface area contributed by atoms with Gasteiger partial charge in [0, 0.05) is 0 Å². The highest BCUT2D eigenvalue weighted by Gasteiger charge is 2.11. The predicted octanol–water partition coefficient (Wildman–Crippen LogP) is 3.72. The Bertz CT molecular complexity index is 646. The molecule has 0 bridgehead atoms. The summed E-state index contributed by atoms with van der Waals surface area (Å²) >= 11 is 2.70. The van der Waals surface area contributed by atoms with Gasteiger partial charge in [0.1, 0.15) is 5.75 Å². The largest absolute Gasteiger partial charge is 0.492 e. The number of anilines is 2. The van der Waals surface area contributed by atoms with Crippen molar-refractivity contribution in [2.45, 2.75) is 31.2 Å². The first kappa shape index (κ1) is 17.6. The summed E-state index contributed by atoms with van der Waals surface area (Å²) in [6.07, 6.45) is -0.107. The second-order valence-electron chi connectivity index (χ2n) is 4.75. The molecule has 0 atom stereocenters. The number of carbonyl (C=O) groups is 1. The highest BCUT2D eigenvalue weighted by Crippen LogP contribution is 2.31. The summed E-state index contributed by atoms with van der Waals surface area (Å²) in [4.78, 5) is 11.5. The number of rotatable bonds is 8. The maximum absolute atomic E-state index is 11.5. The quantitative estimate of drug-likeness (QED) is 0.572. The molecule has 1 N–H and O–H groups in total. The lowest BCUT2D eigenvalue weighted by molar-refractivity contribution is -0.144. The second kappa shape index (κ2) is 8.73. The van der Waals surface area contributed by atoms with Gasteiger partial charge < -0.3 is 14.8 Å². The van der Waals surface area contributed by atoms with Gasteiger partial charge in [0.15, 0.2) is 4.34 Å². The number of benzene rings is 1. The van der Waals surface area contributed by atoms with Gasteiger partial charge in [-0.25, -0.2) is 0 Å². The first-order valence-electron chi connectivity index (χ1n) is 7.23. The monoisotopic (exact) mass is 353 g/mol. The van der Waals surface area contributed by atoms with E-state index in [0.717, 1.165) is 11.4 Å². The van der Waals surface area contributed by atoms with E-state index in [1.165, 1.54) is 23.1 Å². The summed E-state index contributed by atoms with van der Waals surface area (Å²) in [7, 11) is 0. The number of hydrogen-bond donors (Lipinski definition) is 1. The zero-order valence-electron chi connectivity index (χ0n) is 13.2. The molecule has 0 saturated carbocycles. The Kier molecular flexibility index (Phi) is 6.66. The van der Waals surface area contributed by atoms with Crippen molar-refractivity contribution in [1.82, 2.24) is 10.2 Å². The van der Waals surface area contributed by atoms with Gasteiger partial charge in [-0.05, 0) is 32.9 Å². The molecule has 0 aliphatic carbocycles. The van der Waals surface area contributed by atoms with Gasteiger partial charge in [-0.3, -0.25) is 4.79 Å². The molecular formula is C15H19N3O3S2. The molecule has 2 rings (SSSR count). The number of para-hydroxylation sites is 2. The Labute approximate surface area is 143 Å². The Morgan fingerprint density at radius 3 is 2.87 bits per heavy atom. The maximum atomic E-state index is 11.5. The molecule has 0 unspecified atom stereocenters. The van der Waals surface area contributed by atoms with Crippen LogP contribution < -0.4 is 10.1 Å². The normalized spacial score (nSPS) is 10.6. The van der Waals surface area contributed by atoms with Gasteiger partial charge >= 0.3 is 5.97 Å². The van der Waals surface area contributed by atoms with E-state index in [1.54, 1.807) is 0 Å². The van der Waals surface area contributed by atoms with Crippen molar-refractivity contribution >= 4 is 39.9 Å². The molecule has 0 saturated heterocycles. The number of hydrogen-bond acceptors (Lipinski definition) is 8. The van der Waals surface area contributed by atoms with E-state index in [2.05, 4.69) is 15.5 Å². The summed E-state index contributed by atoms with van der Waals surface area (Å²) in [5.41, 5.74) is 0.835. The van der Waals surface area contributed by atoms with Crippen LogP contribution in [0.4, 0.5) is 10.8 Å². The van der Waals surface area contributed by atoms with Crippen LogP contribution in [0.3, 0.4) is 0 Å². The van der Waals surface area contributed by atoms with Crippen molar-refractivity contribution in [3.8, 4) is 5.75 Å². The van der Waals surface area contributed by atoms with E-state index < -0.39 is 0 Å². The average molecular weight is 353 g/mol. The topological polar surface area (TPSA) is 73.3 Å². The Hall–Kier alpha value is -1.80.